The van der Waals surface area contributed by atoms with Crippen molar-refractivity contribution in [3.63, 3.8) is 0 Å². The molecule has 1 aliphatic carbocycles. The van der Waals surface area contributed by atoms with Gasteiger partial charge in [-0.2, -0.15) is 5.10 Å². The molecule has 1 amide bonds. The van der Waals surface area contributed by atoms with Crippen LogP contribution in [0.15, 0.2) is 36.5 Å². The van der Waals surface area contributed by atoms with Gasteiger partial charge in [-0.25, -0.2) is 0 Å². The maximum absolute atomic E-state index is 12.9. The van der Waals surface area contributed by atoms with Gasteiger partial charge in [0.15, 0.2) is 5.69 Å². The van der Waals surface area contributed by atoms with Gasteiger partial charge in [0.05, 0.1) is 16.7 Å². The smallest absolute Gasteiger partial charge is 0.276 e. The van der Waals surface area contributed by atoms with Crippen LogP contribution in [0.2, 0.25) is 0 Å². The highest BCUT2D eigenvalue weighted by Crippen LogP contribution is 2.41. The number of aromatic nitrogens is 3. The number of carbonyl (C=O) groups is 1. The van der Waals surface area contributed by atoms with Gasteiger partial charge >= 0.3 is 0 Å². The van der Waals surface area contributed by atoms with Gasteiger partial charge in [-0.05, 0) is 70.4 Å². The number of nitrogens with one attached hydrogen (secondary N) is 1. The van der Waals surface area contributed by atoms with E-state index in [4.69, 9.17) is 0 Å². The first-order valence-corrected chi connectivity index (χ1v) is 9.11. The molecule has 2 heterocycles. The van der Waals surface area contributed by atoms with Crippen LogP contribution in [0, 0.1) is 6.92 Å². The summed E-state index contributed by atoms with van der Waals surface area (Å²) in [6, 6.07) is 9.73. The SMILES string of the molecule is Cc1ccc(NC(=O)c2cc(C3CC3)n(C(C)(C)C)n2)c2cccnc12. The van der Waals surface area contributed by atoms with Crippen LogP contribution in [-0.4, -0.2) is 20.7 Å². The number of carbonyl (C=O) groups excluding carboxylic acids is 1. The Morgan fingerprint density at radius 1 is 1.23 bits per heavy atom. The minimum Gasteiger partial charge on any atom is -0.320 e. The predicted octanol–water partition coefficient (Wildman–Crippen LogP) is 4.62. The molecule has 2 aromatic heterocycles. The molecule has 0 spiro atoms. The van der Waals surface area contributed by atoms with Crippen molar-refractivity contribution in [1.82, 2.24) is 14.8 Å². The third-order valence-corrected chi connectivity index (χ3v) is 4.82. The number of aryl methyl sites for hydroxylation is 1. The average molecular weight is 348 g/mol. The molecule has 0 unspecified atom stereocenters. The summed E-state index contributed by atoms with van der Waals surface area (Å²) in [5, 5.41) is 8.59. The van der Waals surface area contributed by atoms with Crippen LogP contribution in [0.3, 0.4) is 0 Å². The molecular formula is C21H24N4O. The quantitative estimate of drug-likeness (QED) is 0.751. The van der Waals surface area contributed by atoms with E-state index in [9.17, 15) is 4.79 Å². The van der Waals surface area contributed by atoms with Crippen molar-refractivity contribution in [2.75, 3.05) is 5.32 Å². The Bertz CT molecular complexity index is 993. The van der Waals surface area contributed by atoms with Crippen molar-refractivity contribution in [2.45, 2.75) is 52.0 Å². The van der Waals surface area contributed by atoms with Crippen molar-refractivity contribution < 1.29 is 4.79 Å². The van der Waals surface area contributed by atoms with E-state index in [1.807, 2.05) is 41.9 Å². The Kier molecular flexibility index (Phi) is 3.83. The lowest BCUT2D eigenvalue weighted by atomic mass is 10.1. The summed E-state index contributed by atoms with van der Waals surface area (Å²) < 4.78 is 2.01. The standard InChI is InChI=1S/C21H24N4O/c1-13-7-10-16(15-6-5-11-22-19(13)15)23-20(26)17-12-18(14-8-9-14)25(24-17)21(2,3)4/h5-7,10-12,14H,8-9H2,1-4H3,(H,23,26). The molecule has 5 heteroatoms. The van der Waals surface area contributed by atoms with E-state index in [0.29, 0.717) is 11.6 Å². The van der Waals surface area contributed by atoms with Crippen LogP contribution < -0.4 is 5.32 Å². The summed E-state index contributed by atoms with van der Waals surface area (Å²) in [5.41, 5.74) is 4.26. The van der Waals surface area contributed by atoms with E-state index in [-0.39, 0.29) is 11.4 Å². The molecule has 0 aliphatic heterocycles. The summed E-state index contributed by atoms with van der Waals surface area (Å²) in [6.07, 6.45) is 4.13. The minimum atomic E-state index is -0.177. The molecule has 1 saturated carbocycles. The Labute approximate surface area is 153 Å². The fourth-order valence-electron chi connectivity index (χ4n) is 3.32. The van der Waals surface area contributed by atoms with Crippen molar-refractivity contribution in [3.05, 3.63) is 53.5 Å². The Hall–Kier alpha value is -2.69. The summed E-state index contributed by atoms with van der Waals surface area (Å²) in [7, 11) is 0. The molecule has 0 saturated heterocycles. The maximum Gasteiger partial charge on any atom is 0.276 e. The zero-order valence-corrected chi connectivity index (χ0v) is 15.7. The summed E-state index contributed by atoms with van der Waals surface area (Å²) in [6.45, 7) is 8.37. The maximum atomic E-state index is 12.9. The lowest BCUT2D eigenvalue weighted by Gasteiger charge is -2.22. The number of nitrogens with zero attached hydrogens (tertiary/aromatic N) is 3. The van der Waals surface area contributed by atoms with Crippen LogP contribution >= 0.6 is 0 Å². The number of benzene rings is 1. The molecule has 1 N–H and O–H groups in total. The third-order valence-electron chi connectivity index (χ3n) is 4.82. The number of hydrogen-bond donors (Lipinski definition) is 1. The molecule has 0 radical (unpaired) electrons. The summed E-state index contributed by atoms with van der Waals surface area (Å²) in [4.78, 5) is 17.3. The Balaban J connectivity index is 1.69. The number of rotatable bonds is 3. The van der Waals surface area contributed by atoms with Gasteiger partial charge < -0.3 is 5.32 Å². The van der Waals surface area contributed by atoms with Gasteiger partial charge in [0.1, 0.15) is 0 Å². The van der Waals surface area contributed by atoms with Crippen molar-refractivity contribution in [3.8, 4) is 0 Å². The third kappa shape index (κ3) is 2.98. The summed E-state index contributed by atoms with van der Waals surface area (Å²) in [5.74, 6) is 0.358. The van der Waals surface area contributed by atoms with E-state index >= 15 is 0 Å². The van der Waals surface area contributed by atoms with Crippen molar-refractivity contribution >= 4 is 22.5 Å². The molecule has 26 heavy (non-hydrogen) atoms. The lowest BCUT2D eigenvalue weighted by molar-refractivity contribution is 0.102. The molecular weight excluding hydrogens is 324 g/mol. The van der Waals surface area contributed by atoms with E-state index in [2.05, 4.69) is 36.2 Å². The number of fused-ring (bicyclic) bond motifs is 1. The molecule has 1 aliphatic rings. The second-order valence-electron chi connectivity index (χ2n) is 8.10. The monoisotopic (exact) mass is 348 g/mol. The fourth-order valence-corrected chi connectivity index (χ4v) is 3.32. The van der Waals surface area contributed by atoms with Gasteiger partial charge in [0, 0.05) is 23.2 Å². The van der Waals surface area contributed by atoms with Gasteiger partial charge in [-0.15, -0.1) is 0 Å². The number of hydrogen-bond acceptors (Lipinski definition) is 3. The first kappa shape index (κ1) is 16.8. The average Bonchev–Trinajstić information content (AvgIpc) is 3.34. The molecule has 3 aromatic rings. The van der Waals surface area contributed by atoms with Crippen LogP contribution in [0.1, 0.15) is 61.3 Å². The lowest BCUT2D eigenvalue weighted by Crippen LogP contribution is -2.25. The van der Waals surface area contributed by atoms with Gasteiger partial charge in [-0.1, -0.05) is 6.07 Å². The topological polar surface area (TPSA) is 59.8 Å². The highest BCUT2D eigenvalue weighted by Gasteiger charge is 2.32. The van der Waals surface area contributed by atoms with Gasteiger partial charge in [0.25, 0.3) is 5.91 Å². The molecule has 5 nitrogen and oxygen atoms in total. The Morgan fingerprint density at radius 2 is 2.00 bits per heavy atom. The zero-order valence-electron chi connectivity index (χ0n) is 15.7. The van der Waals surface area contributed by atoms with Gasteiger partial charge in [-0.3, -0.25) is 14.5 Å². The molecule has 134 valence electrons. The molecule has 4 rings (SSSR count). The Morgan fingerprint density at radius 3 is 2.69 bits per heavy atom. The second-order valence-corrected chi connectivity index (χ2v) is 8.10. The van der Waals surface area contributed by atoms with Crippen LogP contribution in [-0.2, 0) is 5.54 Å². The highest BCUT2D eigenvalue weighted by atomic mass is 16.2. The van der Waals surface area contributed by atoms with E-state index in [0.717, 1.165) is 27.8 Å². The number of amides is 1. The second kappa shape index (κ2) is 5.94. The van der Waals surface area contributed by atoms with Crippen LogP contribution in [0.4, 0.5) is 5.69 Å². The first-order valence-electron chi connectivity index (χ1n) is 9.11. The highest BCUT2D eigenvalue weighted by molar-refractivity contribution is 6.08. The number of anilines is 1. The molecule has 1 aromatic carbocycles. The normalized spacial score (nSPS) is 14.6. The minimum absolute atomic E-state index is 0.142. The van der Waals surface area contributed by atoms with E-state index < -0.39 is 0 Å². The van der Waals surface area contributed by atoms with Crippen LogP contribution in [0.25, 0.3) is 10.9 Å². The fraction of sp³-hybridized carbons (Fsp3) is 0.381. The van der Waals surface area contributed by atoms with E-state index in [1.165, 1.54) is 12.8 Å². The van der Waals surface area contributed by atoms with E-state index in [1.54, 1.807) is 6.20 Å². The molecule has 0 atom stereocenters. The largest absolute Gasteiger partial charge is 0.320 e. The number of pyridine rings is 1. The van der Waals surface area contributed by atoms with Crippen molar-refractivity contribution in [2.24, 2.45) is 0 Å². The van der Waals surface area contributed by atoms with Gasteiger partial charge in [0.2, 0.25) is 0 Å². The van der Waals surface area contributed by atoms with Crippen LogP contribution in [0.5, 0.6) is 0 Å². The molecule has 0 bridgehead atoms. The predicted molar refractivity (Wildman–Crippen MR) is 104 cm³/mol. The summed E-state index contributed by atoms with van der Waals surface area (Å²) >= 11 is 0. The molecule has 1 fully saturated rings. The first-order chi connectivity index (χ1) is 12.3. The zero-order chi connectivity index (χ0) is 18.5. The van der Waals surface area contributed by atoms with Crippen molar-refractivity contribution in [1.29, 1.82) is 0 Å².